The molecule has 0 unspecified atom stereocenters. The molecule has 1 aromatic heterocycles. The Labute approximate surface area is 63.7 Å². The molecule has 0 aliphatic carbocycles. The van der Waals surface area contributed by atoms with E-state index in [9.17, 15) is 0 Å². The van der Waals surface area contributed by atoms with Gasteiger partial charge < -0.3 is 4.42 Å². The van der Waals surface area contributed by atoms with Crippen molar-refractivity contribution < 1.29 is 4.42 Å². The molecule has 0 amide bonds. The lowest BCUT2D eigenvalue weighted by atomic mass is 10.1. The van der Waals surface area contributed by atoms with Crippen LogP contribution in [-0.4, -0.2) is 0 Å². The molecule has 2 nitrogen and oxygen atoms in total. The molecule has 0 saturated carbocycles. The molecule has 1 aromatic carbocycles. The third kappa shape index (κ3) is 0.870. The standard InChI is InChI=1S/C9H5NO/c10-4-7-1-2-8-5-11-6-9(8)3-7/h1-3,5-6H. The summed E-state index contributed by atoms with van der Waals surface area (Å²) in [6.45, 7) is 0. The molecule has 2 aromatic rings. The average molecular weight is 143 g/mol. The van der Waals surface area contributed by atoms with E-state index in [0.29, 0.717) is 5.56 Å². The van der Waals surface area contributed by atoms with Crippen LogP contribution in [0.3, 0.4) is 0 Å². The molecule has 11 heavy (non-hydrogen) atoms. The Bertz CT molecular complexity index is 422. The summed E-state index contributed by atoms with van der Waals surface area (Å²) >= 11 is 0. The van der Waals surface area contributed by atoms with E-state index in [1.165, 1.54) is 0 Å². The molecule has 2 rings (SSSR count). The van der Waals surface area contributed by atoms with E-state index in [1.807, 2.05) is 6.07 Å². The molecule has 52 valence electrons. The number of fused-ring (bicyclic) bond motifs is 1. The van der Waals surface area contributed by atoms with Gasteiger partial charge in [-0.3, -0.25) is 0 Å². The van der Waals surface area contributed by atoms with Gasteiger partial charge in [-0.2, -0.15) is 5.26 Å². The fraction of sp³-hybridized carbons (Fsp3) is 0. The maximum atomic E-state index is 8.55. The number of hydrogen-bond donors (Lipinski definition) is 0. The van der Waals surface area contributed by atoms with Crippen LogP contribution in [0.2, 0.25) is 0 Å². The minimum absolute atomic E-state index is 0.666. The smallest absolute Gasteiger partial charge is 0.0991 e. The van der Waals surface area contributed by atoms with Crippen LogP contribution in [0.25, 0.3) is 10.8 Å². The van der Waals surface area contributed by atoms with E-state index in [0.717, 1.165) is 10.8 Å². The highest BCUT2D eigenvalue weighted by Crippen LogP contribution is 2.15. The Morgan fingerprint density at radius 1 is 1.18 bits per heavy atom. The minimum atomic E-state index is 0.666. The largest absolute Gasteiger partial charge is 0.471 e. The topological polar surface area (TPSA) is 36.9 Å². The first-order valence-corrected chi connectivity index (χ1v) is 3.26. The zero-order valence-corrected chi connectivity index (χ0v) is 5.74. The van der Waals surface area contributed by atoms with Crippen molar-refractivity contribution in [1.29, 1.82) is 5.26 Å². The van der Waals surface area contributed by atoms with Crippen molar-refractivity contribution in [2.45, 2.75) is 0 Å². The van der Waals surface area contributed by atoms with Crippen LogP contribution >= 0.6 is 0 Å². The molecule has 0 spiro atoms. The molecule has 0 atom stereocenters. The van der Waals surface area contributed by atoms with Crippen molar-refractivity contribution in [1.82, 2.24) is 0 Å². The molecular weight excluding hydrogens is 138 g/mol. The molecule has 1 heterocycles. The van der Waals surface area contributed by atoms with Gasteiger partial charge in [0.05, 0.1) is 24.2 Å². The fourth-order valence-electron chi connectivity index (χ4n) is 1.03. The van der Waals surface area contributed by atoms with Crippen LogP contribution in [0.1, 0.15) is 5.56 Å². The SMILES string of the molecule is N#Cc1ccc2cocc2c1. The molecule has 2 heteroatoms. The van der Waals surface area contributed by atoms with Crippen molar-refractivity contribution >= 4 is 10.8 Å². The Kier molecular flexibility index (Phi) is 1.16. The van der Waals surface area contributed by atoms with Crippen molar-refractivity contribution in [3.63, 3.8) is 0 Å². The number of nitriles is 1. The van der Waals surface area contributed by atoms with E-state index < -0.39 is 0 Å². The second kappa shape index (κ2) is 2.14. The Balaban J connectivity index is 2.79. The molecule has 0 radical (unpaired) electrons. The zero-order valence-electron chi connectivity index (χ0n) is 5.74. The first kappa shape index (κ1) is 5.99. The zero-order chi connectivity index (χ0) is 7.68. The minimum Gasteiger partial charge on any atom is -0.471 e. The van der Waals surface area contributed by atoms with Gasteiger partial charge in [-0.1, -0.05) is 0 Å². The monoisotopic (exact) mass is 143 g/mol. The lowest BCUT2D eigenvalue weighted by Crippen LogP contribution is -1.70. The predicted octanol–water partition coefficient (Wildman–Crippen LogP) is 2.30. The Hall–Kier alpha value is -1.75. The van der Waals surface area contributed by atoms with E-state index in [2.05, 4.69) is 6.07 Å². The highest BCUT2D eigenvalue weighted by atomic mass is 16.3. The van der Waals surface area contributed by atoms with Crippen molar-refractivity contribution in [2.75, 3.05) is 0 Å². The molecule has 0 aliphatic heterocycles. The van der Waals surface area contributed by atoms with E-state index in [1.54, 1.807) is 24.7 Å². The van der Waals surface area contributed by atoms with Crippen LogP contribution in [0, 0.1) is 11.3 Å². The van der Waals surface area contributed by atoms with Gasteiger partial charge >= 0.3 is 0 Å². The second-order valence-corrected chi connectivity index (χ2v) is 2.33. The quantitative estimate of drug-likeness (QED) is 0.567. The summed E-state index contributed by atoms with van der Waals surface area (Å²) in [5, 5.41) is 10.6. The Morgan fingerprint density at radius 3 is 2.82 bits per heavy atom. The molecule has 0 bridgehead atoms. The average Bonchev–Trinajstić information content (AvgIpc) is 2.50. The summed E-state index contributed by atoms with van der Waals surface area (Å²) in [7, 11) is 0. The predicted molar refractivity (Wildman–Crippen MR) is 40.9 cm³/mol. The normalized spacial score (nSPS) is 9.73. The highest BCUT2D eigenvalue weighted by Gasteiger charge is 1.95. The van der Waals surface area contributed by atoms with Crippen molar-refractivity contribution in [2.24, 2.45) is 0 Å². The van der Waals surface area contributed by atoms with Gasteiger partial charge in [-0.25, -0.2) is 0 Å². The van der Waals surface area contributed by atoms with E-state index in [4.69, 9.17) is 9.68 Å². The summed E-state index contributed by atoms with van der Waals surface area (Å²) in [5.74, 6) is 0. The summed E-state index contributed by atoms with van der Waals surface area (Å²) in [5.41, 5.74) is 0.666. The molecule has 0 saturated heterocycles. The first-order valence-electron chi connectivity index (χ1n) is 3.26. The number of rotatable bonds is 0. The molecule has 0 fully saturated rings. The molecule has 0 aliphatic rings. The summed E-state index contributed by atoms with van der Waals surface area (Å²) in [6.07, 6.45) is 3.30. The third-order valence-corrected chi connectivity index (χ3v) is 1.61. The van der Waals surface area contributed by atoms with Gasteiger partial charge in [0.25, 0.3) is 0 Å². The van der Waals surface area contributed by atoms with Crippen LogP contribution in [0.15, 0.2) is 35.1 Å². The van der Waals surface area contributed by atoms with Gasteiger partial charge in [0.15, 0.2) is 0 Å². The van der Waals surface area contributed by atoms with Gasteiger partial charge in [0.1, 0.15) is 0 Å². The lowest BCUT2D eigenvalue weighted by molar-refractivity contribution is 0.572. The van der Waals surface area contributed by atoms with Gasteiger partial charge in [-0.05, 0) is 18.2 Å². The van der Waals surface area contributed by atoms with E-state index >= 15 is 0 Å². The Morgan fingerprint density at radius 2 is 2.00 bits per heavy atom. The molecular formula is C9H5NO. The maximum Gasteiger partial charge on any atom is 0.0991 e. The van der Waals surface area contributed by atoms with E-state index in [-0.39, 0.29) is 0 Å². The van der Waals surface area contributed by atoms with Gasteiger partial charge in [0, 0.05) is 10.8 Å². The second-order valence-electron chi connectivity index (χ2n) is 2.33. The van der Waals surface area contributed by atoms with Gasteiger partial charge in [0.2, 0.25) is 0 Å². The number of hydrogen-bond acceptors (Lipinski definition) is 2. The van der Waals surface area contributed by atoms with Crippen LogP contribution in [0.5, 0.6) is 0 Å². The summed E-state index contributed by atoms with van der Waals surface area (Å²) in [4.78, 5) is 0. The summed E-state index contributed by atoms with van der Waals surface area (Å²) < 4.78 is 4.95. The third-order valence-electron chi connectivity index (χ3n) is 1.61. The van der Waals surface area contributed by atoms with Crippen molar-refractivity contribution in [3.8, 4) is 6.07 Å². The van der Waals surface area contributed by atoms with Crippen LogP contribution in [-0.2, 0) is 0 Å². The number of furan rings is 1. The highest BCUT2D eigenvalue weighted by molar-refractivity contribution is 5.82. The maximum absolute atomic E-state index is 8.55. The van der Waals surface area contributed by atoms with Gasteiger partial charge in [-0.15, -0.1) is 0 Å². The van der Waals surface area contributed by atoms with Crippen LogP contribution in [0.4, 0.5) is 0 Å². The fourth-order valence-corrected chi connectivity index (χ4v) is 1.03. The molecule has 0 N–H and O–H groups in total. The number of benzene rings is 1. The summed E-state index contributed by atoms with van der Waals surface area (Å²) in [6, 6.07) is 7.52. The van der Waals surface area contributed by atoms with Crippen molar-refractivity contribution in [3.05, 3.63) is 36.3 Å². The number of nitrogens with zero attached hydrogens (tertiary/aromatic N) is 1. The van der Waals surface area contributed by atoms with Crippen LogP contribution < -0.4 is 0 Å². The first-order chi connectivity index (χ1) is 5.40. The lowest BCUT2D eigenvalue weighted by Gasteiger charge is -1.86.